The Labute approximate surface area is 129 Å². The van der Waals surface area contributed by atoms with Gasteiger partial charge in [0.2, 0.25) is 0 Å². The molecule has 0 atom stereocenters. The zero-order chi connectivity index (χ0) is 14.7. The van der Waals surface area contributed by atoms with Crippen LogP contribution in [0.25, 0.3) is 11.3 Å². The zero-order valence-corrected chi connectivity index (χ0v) is 13.1. The lowest BCUT2D eigenvalue weighted by atomic mass is 10.1. The Morgan fingerprint density at radius 3 is 2.67 bits per heavy atom. The summed E-state index contributed by atoms with van der Waals surface area (Å²) in [6, 6.07) is 12.6. The third kappa shape index (κ3) is 3.23. The van der Waals surface area contributed by atoms with Crippen molar-refractivity contribution in [3.05, 3.63) is 63.5 Å². The van der Waals surface area contributed by atoms with E-state index in [1.807, 2.05) is 35.7 Å². The van der Waals surface area contributed by atoms with Gasteiger partial charge in [-0.05, 0) is 31.0 Å². The number of aromatic nitrogens is 2. The maximum absolute atomic E-state index is 4.18. The highest BCUT2D eigenvalue weighted by molar-refractivity contribution is 7.12. The molecule has 2 aromatic heterocycles. The molecule has 0 bridgehead atoms. The first kappa shape index (κ1) is 14.0. The fourth-order valence-electron chi connectivity index (χ4n) is 2.36. The second kappa shape index (κ2) is 6.24. The van der Waals surface area contributed by atoms with Crippen LogP contribution in [0.4, 0.5) is 0 Å². The van der Waals surface area contributed by atoms with Crippen LogP contribution < -0.4 is 5.32 Å². The fraction of sp³-hybridized carbons (Fsp3) is 0.235. The molecule has 0 aliphatic carbocycles. The van der Waals surface area contributed by atoms with E-state index in [2.05, 4.69) is 47.6 Å². The second-order valence-electron chi connectivity index (χ2n) is 5.19. The smallest absolute Gasteiger partial charge is 0.0695 e. The first-order valence-electron chi connectivity index (χ1n) is 7.08. The summed E-state index contributed by atoms with van der Waals surface area (Å²) < 4.78 is 0. The minimum Gasteiger partial charge on any atom is -0.308 e. The molecular weight excluding hydrogens is 278 g/mol. The lowest BCUT2D eigenvalue weighted by Gasteiger charge is -2.04. The quantitative estimate of drug-likeness (QED) is 0.746. The van der Waals surface area contributed by atoms with Gasteiger partial charge >= 0.3 is 0 Å². The Kier molecular flexibility index (Phi) is 4.18. The number of benzene rings is 1. The Hall–Kier alpha value is -1.91. The van der Waals surface area contributed by atoms with Crippen molar-refractivity contribution < 1.29 is 0 Å². The highest BCUT2D eigenvalue weighted by Gasteiger charge is 2.07. The van der Waals surface area contributed by atoms with Gasteiger partial charge in [0.25, 0.3) is 0 Å². The van der Waals surface area contributed by atoms with E-state index in [-0.39, 0.29) is 0 Å². The minimum absolute atomic E-state index is 0.816. The topological polar surface area (TPSA) is 40.7 Å². The van der Waals surface area contributed by atoms with E-state index in [4.69, 9.17) is 0 Å². The number of nitrogens with zero attached hydrogens (tertiary/aromatic N) is 1. The van der Waals surface area contributed by atoms with Gasteiger partial charge in [0, 0.05) is 28.4 Å². The van der Waals surface area contributed by atoms with Crippen LogP contribution in [0.5, 0.6) is 0 Å². The first-order valence-corrected chi connectivity index (χ1v) is 7.90. The maximum Gasteiger partial charge on any atom is 0.0695 e. The number of H-pyrrole nitrogens is 1. The molecule has 0 fully saturated rings. The number of rotatable bonds is 5. The third-order valence-corrected chi connectivity index (χ3v) is 4.76. The first-order chi connectivity index (χ1) is 10.2. The van der Waals surface area contributed by atoms with E-state index < -0.39 is 0 Å². The second-order valence-corrected chi connectivity index (χ2v) is 6.53. The molecule has 0 spiro atoms. The van der Waals surface area contributed by atoms with Crippen molar-refractivity contribution in [1.82, 2.24) is 15.5 Å². The summed E-state index contributed by atoms with van der Waals surface area (Å²) in [5, 5.41) is 10.8. The van der Waals surface area contributed by atoms with Crippen LogP contribution in [0, 0.1) is 13.8 Å². The Morgan fingerprint density at radius 1 is 1.14 bits per heavy atom. The summed E-state index contributed by atoms with van der Waals surface area (Å²) >= 11 is 1.87. The third-order valence-electron chi connectivity index (χ3n) is 3.61. The highest BCUT2D eigenvalue weighted by Crippen LogP contribution is 2.22. The van der Waals surface area contributed by atoms with Gasteiger partial charge in [-0.25, -0.2) is 0 Å². The zero-order valence-electron chi connectivity index (χ0n) is 12.3. The molecule has 0 amide bonds. The molecule has 0 saturated carbocycles. The van der Waals surface area contributed by atoms with Crippen molar-refractivity contribution in [3.63, 3.8) is 0 Å². The average molecular weight is 297 g/mol. The van der Waals surface area contributed by atoms with Crippen LogP contribution in [0.3, 0.4) is 0 Å². The summed E-state index contributed by atoms with van der Waals surface area (Å²) in [5.74, 6) is 0. The fourth-order valence-corrected chi connectivity index (χ4v) is 3.38. The van der Waals surface area contributed by atoms with E-state index in [1.54, 1.807) is 0 Å². The van der Waals surface area contributed by atoms with Gasteiger partial charge in [-0.15, -0.1) is 11.3 Å². The molecule has 0 unspecified atom stereocenters. The number of hydrogen-bond donors (Lipinski definition) is 2. The molecule has 2 N–H and O–H groups in total. The summed E-state index contributed by atoms with van der Waals surface area (Å²) in [6.45, 7) is 6.06. The predicted octanol–water partition coefficient (Wildman–Crippen LogP) is 4.04. The van der Waals surface area contributed by atoms with Crippen molar-refractivity contribution in [3.8, 4) is 11.3 Å². The van der Waals surface area contributed by atoms with Gasteiger partial charge in [0.1, 0.15) is 0 Å². The molecule has 4 heteroatoms. The van der Waals surface area contributed by atoms with Crippen molar-refractivity contribution in [2.45, 2.75) is 26.9 Å². The molecule has 21 heavy (non-hydrogen) atoms. The molecule has 0 aliphatic heterocycles. The summed E-state index contributed by atoms with van der Waals surface area (Å²) in [7, 11) is 0. The average Bonchev–Trinajstić information content (AvgIpc) is 3.08. The Balaban J connectivity index is 1.65. The number of thiophene rings is 1. The molecule has 0 aliphatic rings. The summed E-state index contributed by atoms with van der Waals surface area (Å²) in [4.78, 5) is 2.79. The normalized spacial score (nSPS) is 11.0. The number of nitrogens with one attached hydrogen (secondary N) is 2. The molecule has 0 saturated heterocycles. The summed E-state index contributed by atoms with van der Waals surface area (Å²) in [5.41, 5.74) is 4.85. The van der Waals surface area contributed by atoms with Gasteiger partial charge < -0.3 is 5.32 Å². The molecular formula is C17H19N3S. The van der Waals surface area contributed by atoms with Crippen LogP contribution >= 0.6 is 11.3 Å². The van der Waals surface area contributed by atoms with Crippen LogP contribution in [0.15, 0.2) is 42.6 Å². The largest absolute Gasteiger partial charge is 0.308 e. The van der Waals surface area contributed by atoms with Crippen LogP contribution in [-0.2, 0) is 13.1 Å². The molecule has 108 valence electrons. The summed E-state index contributed by atoms with van der Waals surface area (Å²) in [6.07, 6.45) is 1.90. The predicted molar refractivity (Wildman–Crippen MR) is 88.4 cm³/mol. The van der Waals surface area contributed by atoms with E-state index in [0.717, 1.165) is 18.8 Å². The lowest BCUT2D eigenvalue weighted by molar-refractivity contribution is 0.702. The van der Waals surface area contributed by atoms with Gasteiger partial charge in [-0.2, -0.15) is 5.10 Å². The van der Waals surface area contributed by atoms with E-state index in [0.29, 0.717) is 0 Å². The minimum atomic E-state index is 0.816. The van der Waals surface area contributed by atoms with Crippen molar-refractivity contribution in [2.75, 3.05) is 0 Å². The van der Waals surface area contributed by atoms with E-state index in [1.165, 1.54) is 26.4 Å². The monoisotopic (exact) mass is 297 g/mol. The van der Waals surface area contributed by atoms with Gasteiger partial charge in [0.15, 0.2) is 0 Å². The molecule has 3 nitrogen and oxygen atoms in total. The van der Waals surface area contributed by atoms with Crippen molar-refractivity contribution in [1.29, 1.82) is 0 Å². The molecule has 3 aromatic rings. The van der Waals surface area contributed by atoms with Gasteiger partial charge in [-0.3, -0.25) is 5.10 Å². The van der Waals surface area contributed by atoms with E-state index >= 15 is 0 Å². The van der Waals surface area contributed by atoms with E-state index in [9.17, 15) is 0 Å². The molecule has 3 rings (SSSR count). The highest BCUT2D eigenvalue weighted by atomic mass is 32.1. The van der Waals surface area contributed by atoms with Crippen molar-refractivity contribution in [2.24, 2.45) is 0 Å². The Bertz CT molecular complexity index is 693. The molecule has 0 radical (unpaired) electrons. The van der Waals surface area contributed by atoms with Gasteiger partial charge in [-0.1, -0.05) is 30.3 Å². The maximum atomic E-state index is 4.18. The van der Waals surface area contributed by atoms with Crippen LogP contribution in [0.2, 0.25) is 0 Å². The van der Waals surface area contributed by atoms with Crippen LogP contribution in [0.1, 0.15) is 20.9 Å². The standard InChI is InChI=1S/C17H19N3S/c1-12-8-16(21-13(12)2)11-18-9-15-10-19-20-17(15)14-6-4-3-5-7-14/h3-8,10,18H,9,11H2,1-2H3,(H,19,20). The molecule has 1 aromatic carbocycles. The number of hydrogen-bond acceptors (Lipinski definition) is 3. The number of aryl methyl sites for hydroxylation is 2. The molecule has 2 heterocycles. The van der Waals surface area contributed by atoms with Crippen molar-refractivity contribution >= 4 is 11.3 Å². The van der Waals surface area contributed by atoms with Crippen LogP contribution in [-0.4, -0.2) is 10.2 Å². The van der Waals surface area contributed by atoms with Gasteiger partial charge in [0.05, 0.1) is 11.9 Å². The SMILES string of the molecule is Cc1cc(CNCc2cn[nH]c2-c2ccccc2)sc1C. The Morgan fingerprint density at radius 2 is 1.95 bits per heavy atom. The lowest BCUT2D eigenvalue weighted by Crippen LogP contribution is -2.11. The number of aromatic amines is 1.